The number of hydrogen-bond donors (Lipinski definition) is 0. The van der Waals surface area contributed by atoms with Gasteiger partial charge < -0.3 is 9.80 Å². The average Bonchev–Trinajstić information content (AvgIpc) is 3.41. The predicted molar refractivity (Wildman–Crippen MR) is 145 cm³/mol. The fraction of sp³-hybridized carbons (Fsp3) is 0.241. The molecule has 0 N–H and O–H groups in total. The molecule has 0 bridgehead atoms. The van der Waals surface area contributed by atoms with E-state index in [1.165, 1.54) is 37.0 Å². The molecule has 0 saturated carbocycles. The van der Waals surface area contributed by atoms with Crippen molar-refractivity contribution in [2.75, 3.05) is 31.1 Å². The van der Waals surface area contributed by atoms with Crippen molar-refractivity contribution in [3.63, 3.8) is 0 Å². The number of rotatable bonds is 4. The first-order chi connectivity index (χ1) is 17.1. The Bertz CT molecular complexity index is 1540. The van der Waals surface area contributed by atoms with E-state index in [1.807, 2.05) is 40.8 Å². The number of fused-ring (bicyclic) bond motifs is 3. The van der Waals surface area contributed by atoms with Gasteiger partial charge in [-0.2, -0.15) is 5.10 Å². The molecule has 6 heteroatoms. The molecular formula is C29H28N4OS. The minimum atomic E-state index is 0.138. The van der Waals surface area contributed by atoms with Crippen LogP contribution in [0.2, 0.25) is 0 Å². The van der Waals surface area contributed by atoms with Gasteiger partial charge >= 0.3 is 0 Å². The Labute approximate surface area is 209 Å². The molecule has 3 heterocycles. The van der Waals surface area contributed by atoms with Crippen LogP contribution in [0, 0.1) is 13.8 Å². The molecule has 1 aliphatic rings. The molecule has 5 aromatic rings. The fourth-order valence-corrected chi connectivity index (χ4v) is 6.23. The van der Waals surface area contributed by atoms with Crippen LogP contribution in [-0.2, 0) is 11.3 Å². The molecule has 1 aliphatic heterocycles. The van der Waals surface area contributed by atoms with Gasteiger partial charge in [-0.05, 0) is 49.7 Å². The Hall–Kier alpha value is -3.64. The van der Waals surface area contributed by atoms with Crippen LogP contribution in [0.4, 0.5) is 5.69 Å². The van der Waals surface area contributed by atoms with Gasteiger partial charge in [0.2, 0.25) is 5.91 Å². The summed E-state index contributed by atoms with van der Waals surface area (Å²) >= 11 is 1.85. The number of aromatic nitrogens is 2. The van der Waals surface area contributed by atoms with E-state index < -0.39 is 0 Å². The van der Waals surface area contributed by atoms with Crippen molar-refractivity contribution in [1.82, 2.24) is 14.7 Å². The highest BCUT2D eigenvalue weighted by Gasteiger charge is 2.23. The third-order valence-electron chi connectivity index (χ3n) is 6.95. The number of nitrogens with zero attached hydrogens (tertiary/aromatic N) is 4. The van der Waals surface area contributed by atoms with E-state index >= 15 is 0 Å². The van der Waals surface area contributed by atoms with Gasteiger partial charge in [-0.1, -0.05) is 42.5 Å². The zero-order valence-corrected chi connectivity index (χ0v) is 20.9. The highest BCUT2D eigenvalue weighted by Crippen LogP contribution is 2.38. The molecular weight excluding hydrogens is 452 g/mol. The molecule has 0 spiro atoms. The number of para-hydroxylation sites is 1. The summed E-state index contributed by atoms with van der Waals surface area (Å²) in [6, 6.07) is 26.1. The molecule has 6 rings (SSSR count). The van der Waals surface area contributed by atoms with Crippen molar-refractivity contribution in [2.45, 2.75) is 20.4 Å². The molecule has 0 radical (unpaired) electrons. The van der Waals surface area contributed by atoms with Crippen molar-refractivity contribution in [3.8, 4) is 11.1 Å². The van der Waals surface area contributed by atoms with Crippen LogP contribution in [0.5, 0.6) is 0 Å². The molecule has 0 atom stereocenters. The van der Waals surface area contributed by atoms with Crippen LogP contribution < -0.4 is 4.90 Å². The highest BCUT2D eigenvalue weighted by atomic mass is 32.1. The van der Waals surface area contributed by atoms with Gasteiger partial charge in [0.1, 0.15) is 6.54 Å². The SMILES string of the molecule is Cc1cc(C)n(CC(=O)N2CCN(c3ccccc3-c3ccc4sc5ccccc5c4c3)CC2)n1. The Morgan fingerprint density at radius 1 is 0.857 bits per heavy atom. The smallest absolute Gasteiger partial charge is 0.244 e. The second kappa shape index (κ2) is 8.86. The minimum absolute atomic E-state index is 0.138. The quantitative estimate of drug-likeness (QED) is 0.322. The monoisotopic (exact) mass is 480 g/mol. The van der Waals surface area contributed by atoms with Crippen LogP contribution in [0.3, 0.4) is 0 Å². The Kier molecular flexibility index (Phi) is 5.53. The summed E-state index contributed by atoms with van der Waals surface area (Å²) in [6.07, 6.45) is 0. The molecule has 176 valence electrons. The summed E-state index contributed by atoms with van der Waals surface area (Å²) in [5.41, 5.74) is 5.69. The lowest BCUT2D eigenvalue weighted by Gasteiger charge is -2.37. The number of carbonyl (C=O) groups is 1. The van der Waals surface area contributed by atoms with Crippen molar-refractivity contribution in [3.05, 3.63) is 84.2 Å². The molecule has 5 nitrogen and oxygen atoms in total. The predicted octanol–water partition coefficient (Wildman–Crippen LogP) is 5.88. The van der Waals surface area contributed by atoms with Gasteiger partial charge in [-0.3, -0.25) is 9.48 Å². The lowest BCUT2D eigenvalue weighted by molar-refractivity contribution is -0.132. The zero-order valence-electron chi connectivity index (χ0n) is 20.1. The van der Waals surface area contributed by atoms with E-state index in [2.05, 4.69) is 76.7 Å². The van der Waals surface area contributed by atoms with Crippen LogP contribution in [0.25, 0.3) is 31.3 Å². The summed E-state index contributed by atoms with van der Waals surface area (Å²) in [7, 11) is 0. The zero-order chi connectivity index (χ0) is 23.9. The third kappa shape index (κ3) is 4.08. The molecule has 1 fully saturated rings. The maximum absolute atomic E-state index is 12.9. The first kappa shape index (κ1) is 21.9. The van der Waals surface area contributed by atoms with Crippen molar-refractivity contribution in [1.29, 1.82) is 0 Å². The van der Waals surface area contributed by atoms with E-state index in [0.717, 1.165) is 37.6 Å². The van der Waals surface area contributed by atoms with Gasteiger partial charge in [0.25, 0.3) is 0 Å². The van der Waals surface area contributed by atoms with Gasteiger partial charge in [-0.15, -0.1) is 11.3 Å². The van der Waals surface area contributed by atoms with Crippen LogP contribution in [-0.4, -0.2) is 46.8 Å². The Morgan fingerprint density at radius 2 is 1.60 bits per heavy atom. The van der Waals surface area contributed by atoms with E-state index in [9.17, 15) is 4.79 Å². The largest absolute Gasteiger partial charge is 0.367 e. The molecule has 1 saturated heterocycles. The van der Waals surface area contributed by atoms with Crippen molar-refractivity contribution in [2.24, 2.45) is 0 Å². The van der Waals surface area contributed by atoms with E-state index in [4.69, 9.17) is 0 Å². The number of amides is 1. The standard InChI is InChI=1S/C29H28N4OS/c1-20-17-21(2)33(30-20)19-29(34)32-15-13-31(14-16-32)26-9-5-3-7-23(26)22-11-12-28-25(18-22)24-8-4-6-10-27(24)35-28/h3-12,17-18H,13-16,19H2,1-2H3. The molecule has 2 aromatic heterocycles. The van der Waals surface area contributed by atoms with Crippen LogP contribution in [0.1, 0.15) is 11.4 Å². The fourth-order valence-electron chi connectivity index (χ4n) is 5.15. The second-order valence-corrected chi connectivity index (χ2v) is 10.4. The van der Waals surface area contributed by atoms with Gasteiger partial charge in [0.05, 0.1) is 5.69 Å². The van der Waals surface area contributed by atoms with Gasteiger partial charge in [0.15, 0.2) is 0 Å². The molecule has 3 aromatic carbocycles. The normalized spacial score (nSPS) is 14.2. The summed E-state index contributed by atoms with van der Waals surface area (Å²) < 4.78 is 4.46. The second-order valence-electron chi connectivity index (χ2n) is 9.28. The lowest BCUT2D eigenvalue weighted by Crippen LogP contribution is -2.49. The molecule has 0 unspecified atom stereocenters. The first-order valence-electron chi connectivity index (χ1n) is 12.1. The number of piperazine rings is 1. The first-order valence-corrected chi connectivity index (χ1v) is 12.9. The Balaban J connectivity index is 1.23. The number of hydrogen-bond acceptors (Lipinski definition) is 4. The van der Waals surface area contributed by atoms with Gasteiger partial charge in [-0.25, -0.2) is 0 Å². The number of benzene rings is 3. The van der Waals surface area contributed by atoms with Crippen molar-refractivity contribution < 1.29 is 4.79 Å². The van der Waals surface area contributed by atoms with E-state index in [-0.39, 0.29) is 5.91 Å². The average molecular weight is 481 g/mol. The van der Waals surface area contributed by atoms with E-state index in [1.54, 1.807) is 0 Å². The minimum Gasteiger partial charge on any atom is -0.367 e. The molecule has 35 heavy (non-hydrogen) atoms. The van der Waals surface area contributed by atoms with E-state index in [0.29, 0.717) is 6.54 Å². The van der Waals surface area contributed by atoms with Crippen molar-refractivity contribution >= 4 is 43.1 Å². The molecule has 0 aliphatic carbocycles. The number of aryl methyl sites for hydroxylation is 2. The lowest BCUT2D eigenvalue weighted by atomic mass is 10.00. The van der Waals surface area contributed by atoms with Crippen LogP contribution >= 0.6 is 11.3 Å². The maximum atomic E-state index is 12.9. The highest BCUT2D eigenvalue weighted by molar-refractivity contribution is 7.25. The summed E-state index contributed by atoms with van der Waals surface area (Å²) in [5.74, 6) is 0.138. The number of carbonyl (C=O) groups excluding carboxylic acids is 1. The summed E-state index contributed by atoms with van der Waals surface area (Å²) in [6.45, 7) is 7.36. The van der Waals surface area contributed by atoms with Gasteiger partial charge in [0, 0.05) is 63.3 Å². The Morgan fingerprint density at radius 3 is 2.40 bits per heavy atom. The maximum Gasteiger partial charge on any atom is 0.244 e. The molecule has 1 amide bonds. The third-order valence-corrected chi connectivity index (χ3v) is 8.11. The number of thiophene rings is 1. The topological polar surface area (TPSA) is 41.4 Å². The summed E-state index contributed by atoms with van der Waals surface area (Å²) in [4.78, 5) is 17.3. The summed E-state index contributed by atoms with van der Waals surface area (Å²) in [5, 5.41) is 7.09. The van der Waals surface area contributed by atoms with Crippen LogP contribution in [0.15, 0.2) is 72.8 Å². The number of anilines is 1.